The maximum atomic E-state index is 9.99. The largest absolute Gasteiger partial charge is 0.505 e. The van der Waals surface area contributed by atoms with E-state index in [0.717, 1.165) is 5.82 Å². The second-order valence-electron chi connectivity index (χ2n) is 4.56. The zero-order valence-electron chi connectivity index (χ0n) is 10.5. The lowest BCUT2D eigenvalue weighted by atomic mass is 10.2. The van der Waals surface area contributed by atoms with Crippen LogP contribution in [0.4, 0.5) is 5.69 Å². The molecule has 0 saturated carbocycles. The highest BCUT2D eigenvalue weighted by atomic mass is 32.1. The van der Waals surface area contributed by atoms with Crippen LogP contribution in [-0.4, -0.2) is 24.9 Å². The number of benzene rings is 1. The molecule has 3 N–H and O–H groups in total. The van der Waals surface area contributed by atoms with E-state index in [2.05, 4.69) is 15.3 Å². The molecule has 3 aromatic rings. The molecule has 3 rings (SSSR count). The number of hydrogen-bond donors (Lipinski definition) is 2. The van der Waals surface area contributed by atoms with Gasteiger partial charge in [-0.15, -0.1) is 10.2 Å². The Hall–Kier alpha value is -2.15. The van der Waals surface area contributed by atoms with Crippen LogP contribution in [0.3, 0.4) is 0 Å². The highest BCUT2D eigenvalue weighted by molar-refractivity contribution is 7.19. The number of nitrogens with two attached hydrogens (primary N) is 1. The van der Waals surface area contributed by atoms with Crippen molar-refractivity contribution in [3.63, 3.8) is 0 Å². The fraction of sp³-hybridized carbons (Fsp3) is 0.250. The van der Waals surface area contributed by atoms with E-state index < -0.39 is 0 Å². The minimum Gasteiger partial charge on any atom is -0.505 e. The molecular formula is C12H13N5OS. The standard InChI is InChI=1S/C12H13N5OS/c1-6(2)10-14-15-12-17(10)16-11(19-12)7-4-3-5-8(13)9(7)18/h3-6,18H,13H2,1-2H3. The summed E-state index contributed by atoms with van der Waals surface area (Å²) >= 11 is 1.37. The number of aromatic hydroxyl groups is 1. The number of nitrogen functional groups attached to an aromatic ring is 1. The van der Waals surface area contributed by atoms with Gasteiger partial charge in [0.25, 0.3) is 0 Å². The van der Waals surface area contributed by atoms with Crippen LogP contribution in [0.2, 0.25) is 0 Å². The molecule has 6 nitrogen and oxygen atoms in total. The predicted octanol–water partition coefficient (Wildman–Crippen LogP) is 2.26. The van der Waals surface area contributed by atoms with E-state index in [9.17, 15) is 5.11 Å². The summed E-state index contributed by atoms with van der Waals surface area (Å²) in [5.41, 5.74) is 6.65. The minimum absolute atomic E-state index is 0.0542. The summed E-state index contributed by atoms with van der Waals surface area (Å²) in [7, 11) is 0. The molecule has 0 radical (unpaired) electrons. The highest BCUT2D eigenvalue weighted by Crippen LogP contribution is 2.36. The first-order valence-electron chi connectivity index (χ1n) is 5.88. The molecule has 0 amide bonds. The van der Waals surface area contributed by atoms with Crippen LogP contribution in [-0.2, 0) is 0 Å². The van der Waals surface area contributed by atoms with Crippen molar-refractivity contribution in [3.8, 4) is 16.3 Å². The number of anilines is 1. The van der Waals surface area contributed by atoms with Crippen LogP contribution in [0.25, 0.3) is 15.5 Å². The third kappa shape index (κ3) is 1.82. The Morgan fingerprint density at radius 3 is 2.84 bits per heavy atom. The summed E-state index contributed by atoms with van der Waals surface area (Å²) in [6, 6.07) is 5.22. The van der Waals surface area contributed by atoms with Crippen molar-refractivity contribution in [3.05, 3.63) is 24.0 Å². The normalized spacial score (nSPS) is 11.5. The van der Waals surface area contributed by atoms with Crippen LogP contribution in [0.15, 0.2) is 18.2 Å². The summed E-state index contributed by atoms with van der Waals surface area (Å²) in [6.07, 6.45) is 0. The van der Waals surface area contributed by atoms with Gasteiger partial charge in [-0.25, -0.2) is 0 Å². The summed E-state index contributed by atoms with van der Waals surface area (Å²) in [5, 5.41) is 23.3. The molecule has 7 heteroatoms. The molecule has 19 heavy (non-hydrogen) atoms. The van der Waals surface area contributed by atoms with Gasteiger partial charge in [-0.05, 0) is 12.1 Å². The first-order chi connectivity index (χ1) is 9.08. The van der Waals surface area contributed by atoms with Gasteiger partial charge in [0.05, 0.1) is 11.3 Å². The molecule has 2 heterocycles. The number of para-hydroxylation sites is 1. The summed E-state index contributed by atoms with van der Waals surface area (Å²) < 4.78 is 1.72. The third-order valence-electron chi connectivity index (χ3n) is 2.83. The van der Waals surface area contributed by atoms with Crippen molar-refractivity contribution >= 4 is 22.0 Å². The first kappa shape index (κ1) is 11.9. The number of nitrogens with zero attached hydrogens (tertiary/aromatic N) is 4. The second kappa shape index (κ2) is 4.20. The van der Waals surface area contributed by atoms with Gasteiger partial charge < -0.3 is 10.8 Å². The van der Waals surface area contributed by atoms with E-state index in [0.29, 0.717) is 21.2 Å². The number of phenols is 1. The quantitative estimate of drug-likeness (QED) is 0.553. The van der Waals surface area contributed by atoms with Crippen LogP contribution < -0.4 is 5.73 Å². The first-order valence-corrected chi connectivity index (χ1v) is 6.69. The molecule has 98 valence electrons. The van der Waals surface area contributed by atoms with Crippen LogP contribution in [0.5, 0.6) is 5.75 Å². The zero-order chi connectivity index (χ0) is 13.6. The molecule has 0 aliphatic heterocycles. The monoisotopic (exact) mass is 275 g/mol. The van der Waals surface area contributed by atoms with Crippen molar-refractivity contribution < 1.29 is 5.11 Å². The fourth-order valence-corrected chi connectivity index (χ4v) is 2.71. The Morgan fingerprint density at radius 2 is 2.11 bits per heavy atom. The topological polar surface area (TPSA) is 89.3 Å². The van der Waals surface area contributed by atoms with Gasteiger partial charge in [0.2, 0.25) is 4.96 Å². The van der Waals surface area contributed by atoms with Gasteiger partial charge >= 0.3 is 0 Å². The van der Waals surface area contributed by atoms with Crippen molar-refractivity contribution in [2.24, 2.45) is 0 Å². The molecule has 0 aliphatic rings. The molecular weight excluding hydrogens is 262 g/mol. The van der Waals surface area contributed by atoms with Gasteiger partial charge in [0.15, 0.2) is 10.8 Å². The molecule has 0 aliphatic carbocycles. The van der Waals surface area contributed by atoms with Crippen LogP contribution in [0, 0.1) is 0 Å². The second-order valence-corrected chi connectivity index (χ2v) is 5.51. The zero-order valence-corrected chi connectivity index (χ0v) is 11.3. The lowest BCUT2D eigenvalue weighted by Crippen LogP contribution is -1.98. The lowest BCUT2D eigenvalue weighted by Gasteiger charge is -2.03. The van der Waals surface area contributed by atoms with Gasteiger partial charge in [0.1, 0.15) is 5.75 Å². The number of fused-ring (bicyclic) bond motifs is 1. The lowest BCUT2D eigenvalue weighted by molar-refractivity contribution is 0.480. The molecule has 0 spiro atoms. The molecule has 1 aromatic carbocycles. The van der Waals surface area contributed by atoms with E-state index >= 15 is 0 Å². The van der Waals surface area contributed by atoms with E-state index in [1.165, 1.54) is 11.3 Å². The van der Waals surface area contributed by atoms with E-state index in [1.807, 2.05) is 13.8 Å². The van der Waals surface area contributed by atoms with E-state index in [-0.39, 0.29) is 11.7 Å². The number of phenolic OH excluding ortho intramolecular Hbond substituents is 1. The van der Waals surface area contributed by atoms with Gasteiger partial charge in [0, 0.05) is 5.92 Å². The smallest absolute Gasteiger partial charge is 0.234 e. The number of rotatable bonds is 2. The predicted molar refractivity (Wildman–Crippen MR) is 74.3 cm³/mol. The van der Waals surface area contributed by atoms with Crippen molar-refractivity contribution in [2.45, 2.75) is 19.8 Å². The average Bonchev–Trinajstić information content (AvgIpc) is 2.91. The Kier molecular flexibility index (Phi) is 2.63. The van der Waals surface area contributed by atoms with Crippen LogP contribution >= 0.6 is 11.3 Å². The van der Waals surface area contributed by atoms with Gasteiger partial charge in [-0.3, -0.25) is 0 Å². The van der Waals surface area contributed by atoms with Gasteiger partial charge in [-0.2, -0.15) is 9.61 Å². The Labute approximate surface area is 113 Å². The highest BCUT2D eigenvalue weighted by Gasteiger charge is 2.17. The molecule has 0 fully saturated rings. The van der Waals surface area contributed by atoms with E-state index in [1.54, 1.807) is 22.7 Å². The summed E-state index contributed by atoms with van der Waals surface area (Å²) in [6.45, 7) is 4.07. The third-order valence-corrected chi connectivity index (χ3v) is 3.76. The van der Waals surface area contributed by atoms with Crippen molar-refractivity contribution in [1.82, 2.24) is 19.8 Å². The van der Waals surface area contributed by atoms with Crippen LogP contribution in [0.1, 0.15) is 25.6 Å². The summed E-state index contributed by atoms with van der Waals surface area (Å²) in [4.78, 5) is 0.709. The van der Waals surface area contributed by atoms with Crippen molar-refractivity contribution in [1.29, 1.82) is 0 Å². The Balaban J connectivity index is 2.18. The fourth-order valence-electron chi connectivity index (χ4n) is 1.83. The Morgan fingerprint density at radius 1 is 1.32 bits per heavy atom. The number of aromatic nitrogens is 4. The minimum atomic E-state index is 0.0542. The SMILES string of the molecule is CC(C)c1nnc2sc(-c3cccc(N)c3O)nn12. The van der Waals surface area contributed by atoms with Gasteiger partial charge in [-0.1, -0.05) is 31.3 Å². The average molecular weight is 275 g/mol. The molecule has 0 atom stereocenters. The maximum Gasteiger partial charge on any atom is 0.234 e. The molecule has 0 unspecified atom stereocenters. The maximum absolute atomic E-state index is 9.99. The Bertz CT molecular complexity index is 746. The molecule has 2 aromatic heterocycles. The molecule has 0 saturated heterocycles. The van der Waals surface area contributed by atoms with E-state index in [4.69, 9.17) is 5.73 Å². The molecule has 0 bridgehead atoms. The van der Waals surface area contributed by atoms with Crippen molar-refractivity contribution in [2.75, 3.05) is 5.73 Å². The number of hydrogen-bond acceptors (Lipinski definition) is 6. The summed E-state index contributed by atoms with van der Waals surface area (Å²) in [5.74, 6) is 1.10.